The Morgan fingerprint density at radius 1 is 1.17 bits per heavy atom. The van der Waals surface area contributed by atoms with E-state index in [1.165, 1.54) is 36.9 Å². The number of benzene rings is 1. The second-order valence-corrected chi connectivity index (χ2v) is 8.48. The van der Waals surface area contributed by atoms with Crippen LogP contribution in [0.15, 0.2) is 29.3 Å². The number of piperidine rings is 1. The van der Waals surface area contributed by atoms with E-state index < -0.39 is 0 Å². The van der Waals surface area contributed by atoms with Crippen LogP contribution in [0.4, 0.5) is 0 Å². The van der Waals surface area contributed by atoms with Crippen LogP contribution in [-0.4, -0.2) is 57.2 Å². The smallest absolute Gasteiger partial charge is 0.191 e. The number of nitrogens with zero attached hydrogens (tertiary/aromatic N) is 2. The summed E-state index contributed by atoms with van der Waals surface area (Å²) in [6.45, 7) is 10.2. The zero-order chi connectivity index (χ0) is 19.8. The molecule has 3 rings (SSSR count). The van der Waals surface area contributed by atoms with Gasteiger partial charge in [0.1, 0.15) is 0 Å². The Bertz CT molecular complexity index is 622. The summed E-state index contributed by atoms with van der Waals surface area (Å²) in [4.78, 5) is 7.32. The van der Waals surface area contributed by atoms with Gasteiger partial charge in [-0.3, -0.25) is 4.99 Å². The van der Waals surface area contributed by atoms with Gasteiger partial charge in [0.25, 0.3) is 0 Å². The Morgan fingerprint density at radius 2 is 1.97 bits per heavy atom. The van der Waals surface area contributed by atoms with E-state index in [-0.39, 0.29) is 30.1 Å². The lowest BCUT2D eigenvalue weighted by Gasteiger charge is -2.33. The Morgan fingerprint density at radius 3 is 2.69 bits per heavy atom. The van der Waals surface area contributed by atoms with Crippen LogP contribution in [0.5, 0.6) is 0 Å². The summed E-state index contributed by atoms with van der Waals surface area (Å²) >= 11 is 0. The van der Waals surface area contributed by atoms with E-state index in [1.807, 2.05) is 0 Å². The summed E-state index contributed by atoms with van der Waals surface area (Å²) in [7, 11) is 2.22. The van der Waals surface area contributed by atoms with Crippen molar-refractivity contribution < 1.29 is 4.74 Å². The molecule has 0 aliphatic carbocycles. The predicted octanol–water partition coefficient (Wildman–Crippen LogP) is 3.98. The SMILES string of the molecule is CCNC(=NCC1CCCN(C)C1)NCC1CCCOC1c1ccc(C)cc1.I. The van der Waals surface area contributed by atoms with Gasteiger partial charge in [0.2, 0.25) is 0 Å². The van der Waals surface area contributed by atoms with E-state index in [0.717, 1.165) is 45.2 Å². The van der Waals surface area contributed by atoms with Crippen molar-refractivity contribution in [1.29, 1.82) is 0 Å². The predicted molar refractivity (Wildman–Crippen MR) is 132 cm³/mol. The average molecular weight is 514 g/mol. The molecule has 0 aromatic heterocycles. The number of aliphatic imine (C=N–C) groups is 1. The van der Waals surface area contributed by atoms with Gasteiger partial charge in [-0.1, -0.05) is 29.8 Å². The van der Waals surface area contributed by atoms with Crippen LogP contribution in [0, 0.1) is 18.8 Å². The Hall–Kier alpha value is -0.860. The van der Waals surface area contributed by atoms with Gasteiger partial charge in [-0.25, -0.2) is 0 Å². The summed E-state index contributed by atoms with van der Waals surface area (Å²) in [6.07, 6.45) is 5.09. The molecule has 29 heavy (non-hydrogen) atoms. The molecule has 2 heterocycles. The zero-order valence-electron chi connectivity index (χ0n) is 18.3. The Balaban J connectivity index is 0.00000300. The molecule has 2 N–H and O–H groups in total. The first-order valence-corrected chi connectivity index (χ1v) is 11.0. The number of ether oxygens (including phenoxy) is 1. The fraction of sp³-hybridized carbons (Fsp3) is 0.696. The van der Waals surface area contributed by atoms with Crippen LogP contribution < -0.4 is 10.6 Å². The fourth-order valence-corrected chi connectivity index (χ4v) is 4.39. The third-order valence-electron chi connectivity index (χ3n) is 5.96. The van der Waals surface area contributed by atoms with Gasteiger partial charge >= 0.3 is 0 Å². The van der Waals surface area contributed by atoms with Crippen LogP contribution in [0.25, 0.3) is 0 Å². The van der Waals surface area contributed by atoms with E-state index >= 15 is 0 Å². The maximum Gasteiger partial charge on any atom is 0.191 e. The van der Waals surface area contributed by atoms with Crippen molar-refractivity contribution in [1.82, 2.24) is 15.5 Å². The molecule has 2 aliphatic heterocycles. The summed E-state index contributed by atoms with van der Waals surface area (Å²) in [5.74, 6) is 2.10. The van der Waals surface area contributed by atoms with E-state index in [1.54, 1.807) is 0 Å². The number of guanidine groups is 1. The van der Waals surface area contributed by atoms with Gasteiger partial charge in [0.05, 0.1) is 6.10 Å². The number of rotatable bonds is 6. The maximum absolute atomic E-state index is 6.17. The number of nitrogens with one attached hydrogen (secondary N) is 2. The number of aryl methyl sites for hydroxylation is 1. The van der Waals surface area contributed by atoms with Crippen LogP contribution >= 0.6 is 24.0 Å². The van der Waals surface area contributed by atoms with E-state index in [4.69, 9.17) is 9.73 Å². The maximum atomic E-state index is 6.17. The standard InChI is InChI=1S/C23H38N4O.HI/c1-4-24-23(25-15-19-7-5-13-27(3)17-19)26-16-21-8-6-14-28-22(21)20-11-9-18(2)10-12-20;/h9-12,19,21-22H,4-8,13-17H2,1-3H3,(H2,24,25,26);1H. The number of hydrogen-bond acceptors (Lipinski definition) is 3. The minimum absolute atomic E-state index is 0. The van der Waals surface area contributed by atoms with Crippen molar-refractivity contribution in [3.63, 3.8) is 0 Å². The molecular weight excluding hydrogens is 475 g/mol. The van der Waals surface area contributed by atoms with Gasteiger partial charge in [-0.2, -0.15) is 0 Å². The quantitative estimate of drug-likeness (QED) is 0.343. The molecule has 2 fully saturated rings. The molecule has 1 aromatic carbocycles. The Kier molecular flexibility index (Phi) is 10.7. The summed E-state index contributed by atoms with van der Waals surface area (Å²) in [5.41, 5.74) is 2.59. The average Bonchev–Trinajstić information content (AvgIpc) is 2.71. The molecule has 0 saturated carbocycles. The normalized spacial score (nSPS) is 25.9. The molecule has 0 radical (unpaired) electrons. The van der Waals surface area contributed by atoms with Crippen molar-refractivity contribution in [2.24, 2.45) is 16.8 Å². The second-order valence-electron chi connectivity index (χ2n) is 8.48. The topological polar surface area (TPSA) is 48.9 Å². The molecular formula is C23H39IN4O. The molecule has 6 heteroatoms. The number of hydrogen-bond donors (Lipinski definition) is 2. The monoisotopic (exact) mass is 514 g/mol. The molecule has 2 saturated heterocycles. The molecule has 2 aliphatic rings. The van der Waals surface area contributed by atoms with E-state index in [0.29, 0.717) is 11.8 Å². The minimum atomic E-state index is 0. The van der Waals surface area contributed by atoms with Gasteiger partial charge in [-0.05, 0) is 64.6 Å². The first kappa shape index (κ1) is 24.4. The van der Waals surface area contributed by atoms with E-state index in [9.17, 15) is 0 Å². The summed E-state index contributed by atoms with van der Waals surface area (Å²) in [6, 6.07) is 8.81. The van der Waals surface area contributed by atoms with Crippen LogP contribution in [0.2, 0.25) is 0 Å². The molecule has 0 amide bonds. The van der Waals surface area contributed by atoms with Gasteiger partial charge in [0, 0.05) is 38.7 Å². The lowest BCUT2D eigenvalue weighted by atomic mass is 9.89. The van der Waals surface area contributed by atoms with Crippen LogP contribution in [0.1, 0.15) is 49.8 Å². The highest BCUT2D eigenvalue weighted by Crippen LogP contribution is 2.33. The highest BCUT2D eigenvalue weighted by atomic mass is 127. The van der Waals surface area contributed by atoms with Gasteiger partial charge in [0.15, 0.2) is 5.96 Å². The third kappa shape index (κ3) is 7.72. The van der Waals surface area contributed by atoms with Gasteiger partial charge < -0.3 is 20.3 Å². The first-order valence-electron chi connectivity index (χ1n) is 11.0. The third-order valence-corrected chi connectivity index (χ3v) is 5.96. The molecule has 0 bridgehead atoms. The summed E-state index contributed by atoms with van der Waals surface area (Å²) < 4.78 is 6.17. The first-order chi connectivity index (χ1) is 13.7. The molecule has 5 nitrogen and oxygen atoms in total. The van der Waals surface area contributed by atoms with Crippen molar-refractivity contribution in [3.8, 4) is 0 Å². The Labute approximate surface area is 194 Å². The van der Waals surface area contributed by atoms with E-state index in [2.05, 4.69) is 60.7 Å². The molecule has 3 atom stereocenters. The van der Waals surface area contributed by atoms with Crippen molar-refractivity contribution in [3.05, 3.63) is 35.4 Å². The lowest BCUT2D eigenvalue weighted by Crippen LogP contribution is -2.42. The highest BCUT2D eigenvalue weighted by molar-refractivity contribution is 14.0. The van der Waals surface area contributed by atoms with Crippen LogP contribution in [-0.2, 0) is 4.74 Å². The largest absolute Gasteiger partial charge is 0.373 e. The summed E-state index contributed by atoms with van der Waals surface area (Å²) in [5, 5.41) is 7.02. The fourth-order valence-electron chi connectivity index (χ4n) is 4.39. The number of halogens is 1. The van der Waals surface area contributed by atoms with Crippen LogP contribution in [0.3, 0.4) is 0 Å². The van der Waals surface area contributed by atoms with Crippen molar-refractivity contribution >= 4 is 29.9 Å². The minimum Gasteiger partial charge on any atom is -0.373 e. The lowest BCUT2D eigenvalue weighted by molar-refractivity contribution is -0.0265. The number of likely N-dealkylation sites (tertiary alicyclic amines) is 1. The van der Waals surface area contributed by atoms with Crippen molar-refractivity contribution in [2.45, 2.75) is 45.6 Å². The van der Waals surface area contributed by atoms with Crippen molar-refractivity contribution in [2.75, 3.05) is 46.4 Å². The zero-order valence-corrected chi connectivity index (χ0v) is 20.7. The molecule has 1 aromatic rings. The second kappa shape index (κ2) is 12.7. The molecule has 3 unspecified atom stereocenters. The molecule has 164 valence electrons. The highest BCUT2D eigenvalue weighted by Gasteiger charge is 2.27. The molecule has 0 spiro atoms. The van der Waals surface area contributed by atoms with Gasteiger partial charge in [-0.15, -0.1) is 24.0 Å².